The molecule has 8 heteroatoms. The van der Waals surface area contributed by atoms with Gasteiger partial charge in [-0.1, -0.05) is 49.4 Å². The number of β-lactam (4-membered cyclic amide) rings is 1. The predicted octanol–water partition coefficient (Wildman–Crippen LogP) is 4.63. The van der Waals surface area contributed by atoms with Crippen molar-refractivity contribution in [1.29, 1.82) is 0 Å². The highest BCUT2D eigenvalue weighted by molar-refractivity contribution is 6.35. The molecular formula is C21H27Cl2N3O3. The van der Waals surface area contributed by atoms with E-state index in [0.29, 0.717) is 21.7 Å². The number of imide groups is 1. The van der Waals surface area contributed by atoms with Crippen molar-refractivity contribution in [3.05, 3.63) is 28.2 Å². The van der Waals surface area contributed by atoms with Crippen LogP contribution in [0.15, 0.2) is 18.2 Å². The lowest BCUT2D eigenvalue weighted by atomic mass is 9.83. The molecule has 1 saturated carbocycles. The van der Waals surface area contributed by atoms with Crippen molar-refractivity contribution in [2.24, 2.45) is 5.92 Å². The number of benzene rings is 1. The minimum absolute atomic E-state index is 0.0190. The maximum atomic E-state index is 12.9. The number of hydrogen-bond acceptors (Lipinski definition) is 3. The van der Waals surface area contributed by atoms with Gasteiger partial charge in [-0.15, -0.1) is 0 Å². The predicted molar refractivity (Wildman–Crippen MR) is 114 cm³/mol. The van der Waals surface area contributed by atoms with Crippen molar-refractivity contribution in [1.82, 2.24) is 10.2 Å². The van der Waals surface area contributed by atoms with Gasteiger partial charge in [0.25, 0.3) is 5.91 Å². The van der Waals surface area contributed by atoms with Crippen LogP contribution in [0, 0.1) is 5.92 Å². The van der Waals surface area contributed by atoms with Crippen LogP contribution in [0.5, 0.6) is 0 Å². The maximum absolute atomic E-state index is 12.9. The molecular weight excluding hydrogens is 413 g/mol. The fourth-order valence-electron chi connectivity index (χ4n) is 4.27. The van der Waals surface area contributed by atoms with E-state index in [2.05, 4.69) is 5.32 Å². The molecule has 2 unspecified atom stereocenters. The molecule has 1 heterocycles. The Morgan fingerprint density at radius 2 is 1.79 bits per heavy atom. The lowest BCUT2D eigenvalue weighted by Crippen LogP contribution is -2.65. The number of carbonyl (C=O) groups is 3. The molecule has 1 aromatic rings. The SMILES string of the molecule is CCC(NC(=O)N1C(=O)CC1C(=O)N(C)c1cc(Cl)cc(Cl)c1)C1CCCCC1. The molecule has 0 bridgehead atoms. The smallest absolute Gasteiger partial charge is 0.325 e. The van der Waals surface area contributed by atoms with E-state index in [-0.39, 0.29) is 24.3 Å². The normalized spacial score (nSPS) is 20.8. The molecule has 2 fully saturated rings. The Labute approximate surface area is 181 Å². The number of anilines is 1. The van der Waals surface area contributed by atoms with Gasteiger partial charge >= 0.3 is 6.03 Å². The first kappa shape index (κ1) is 21.9. The second kappa shape index (κ2) is 9.35. The number of nitrogens with zero attached hydrogens (tertiary/aromatic N) is 2. The van der Waals surface area contributed by atoms with E-state index < -0.39 is 12.1 Å². The lowest BCUT2D eigenvalue weighted by Gasteiger charge is -2.40. The van der Waals surface area contributed by atoms with Gasteiger partial charge in [-0.25, -0.2) is 4.79 Å². The van der Waals surface area contributed by atoms with Gasteiger partial charge in [0.1, 0.15) is 6.04 Å². The fourth-order valence-corrected chi connectivity index (χ4v) is 4.79. The summed E-state index contributed by atoms with van der Waals surface area (Å²) in [4.78, 5) is 40.3. The first-order valence-corrected chi connectivity index (χ1v) is 10.9. The molecule has 1 aromatic carbocycles. The van der Waals surface area contributed by atoms with Gasteiger partial charge in [-0.05, 0) is 43.4 Å². The minimum Gasteiger partial charge on any atom is -0.335 e. The van der Waals surface area contributed by atoms with E-state index in [1.807, 2.05) is 6.92 Å². The summed E-state index contributed by atoms with van der Waals surface area (Å²) < 4.78 is 0. The van der Waals surface area contributed by atoms with Gasteiger partial charge in [-0.2, -0.15) is 0 Å². The molecule has 2 atom stereocenters. The van der Waals surface area contributed by atoms with Crippen molar-refractivity contribution in [3.8, 4) is 0 Å². The van der Waals surface area contributed by atoms with Crippen molar-refractivity contribution in [2.45, 2.75) is 64.0 Å². The highest BCUT2D eigenvalue weighted by Gasteiger charge is 2.47. The molecule has 1 aliphatic carbocycles. The van der Waals surface area contributed by atoms with Gasteiger partial charge in [0, 0.05) is 28.8 Å². The third-order valence-electron chi connectivity index (χ3n) is 5.98. The van der Waals surface area contributed by atoms with Crippen LogP contribution in [-0.2, 0) is 9.59 Å². The Morgan fingerprint density at radius 3 is 2.34 bits per heavy atom. The fraction of sp³-hybridized carbons (Fsp3) is 0.571. The van der Waals surface area contributed by atoms with Crippen LogP contribution in [0.25, 0.3) is 0 Å². The zero-order chi connectivity index (χ0) is 21.1. The summed E-state index contributed by atoms with van der Waals surface area (Å²) in [5, 5.41) is 3.82. The monoisotopic (exact) mass is 439 g/mol. The van der Waals surface area contributed by atoms with E-state index in [1.54, 1.807) is 25.2 Å². The Morgan fingerprint density at radius 1 is 1.17 bits per heavy atom. The largest absolute Gasteiger partial charge is 0.335 e. The number of halogens is 2. The second-order valence-electron chi connectivity index (χ2n) is 7.87. The Hall–Kier alpha value is -1.79. The van der Waals surface area contributed by atoms with Gasteiger partial charge in [0.15, 0.2) is 0 Å². The van der Waals surface area contributed by atoms with Crippen LogP contribution in [-0.4, -0.2) is 41.9 Å². The Balaban J connectivity index is 1.68. The highest BCUT2D eigenvalue weighted by atomic mass is 35.5. The molecule has 0 aromatic heterocycles. The van der Waals surface area contributed by atoms with Gasteiger partial charge in [0.2, 0.25) is 5.91 Å². The number of amides is 4. The molecule has 6 nitrogen and oxygen atoms in total. The van der Waals surface area contributed by atoms with Crippen molar-refractivity contribution >= 4 is 46.7 Å². The number of likely N-dealkylation sites (N-methyl/N-ethyl adjacent to an activating group) is 1. The summed E-state index contributed by atoms with van der Waals surface area (Å²) in [7, 11) is 1.58. The van der Waals surface area contributed by atoms with Crippen LogP contribution in [0.3, 0.4) is 0 Å². The van der Waals surface area contributed by atoms with Crippen molar-refractivity contribution in [3.63, 3.8) is 0 Å². The second-order valence-corrected chi connectivity index (χ2v) is 8.74. The van der Waals surface area contributed by atoms with Crippen LogP contribution in [0.2, 0.25) is 10.0 Å². The average Bonchev–Trinajstić information content (AvgIpc) is 2.68. The van der Waals surface area contributed by atoms with Crippen LogP contribution < -0.4 is 10.2 Å². The Kier molecular flexibility index (Phi) is 7.06. The van der Waals surface area contributed by atoms with Crippen LogP contribution >= 0.6 is 23.2 Å². The first-order valence-electron chi connectivity index (χ1n) is 10.2. The summed E-state index contributed by atoms with van der Waals surface area (Å²) >= 11 is 12.0. The van der Waals surface area contributed by atoms with Gasteiger partial charge in [-0.3, -0.25) is 14.5 Å². The number of urea groups is 1. The lowest BCUT2D eigenvalue weighted by molar-refractivity contribution is -0.147. The minimum atomic E-state index is -0.811. The van der Waals surface area contributed by atoms with Crippen molar-refractivity contribution < 1.29 is 14.4 Å². The molecule has 29 heavy (non-hydrogen) atoms. The molecule has 2 aliphatic rings. The van der Waals surface area contributed by atoms with E-state index in [9.17, 15) is 14.4 Å². The number of rotatable bonds is 5. The molecule has 1 N–H and O–H groups in total. The summed E-state index contributed by atoms with van der Waals surface area (Å²) in [5.74, 6) is -0.250. The zero-order valence-corrected chi connectivity index (χ0v) is 18.3. The number of likely N-dealkylation sites (tertiary alicyclic amines) is 1. The first-order chi connectivity index (χ1) is 13.8. The Bertz CT molecular complexity index is 775. The quantitative estimate of drug-likeness (QED) is 0.679. The molecule has 0 spiro atoms. The molecule has 0 radical (unpaired) electrons. The number of nitrogens with one attached hydrogen (secondary N) is 1. The third kappa shape index (κ3) is 4.86. The van der Waals surface area contributed by atoms with Crippen LogP contribution in [0.4, 0.5) is 10.5 Å². The van der Waals surface area contributed by atoms with Gasteiger partial charge < -0.3 is 10.2 Å². The zero-order valence-electron chi connectivity index (χ0n) is 16.8. The standard InChI is InChI=1S/C21H27Cl2N3O3/c1-3-17(13-7-5-4-6-8-13)24-21(29)26-18(12-19(26)27)20(28)25(2)16-10-14(22)9-15(23)11-16/h9-11,13,17-18H,3-8,12H2,1-2H3,(H,24,29). The van der Waals surface area contributed by atoms with Crippen LogP contribution in [0.1, 0.15) is 51.9 Å². The maximum Gasteiger partial charge on any atom is 0.325 e. The summed E-state index contributed by atoms with van der Waals surface area (Å²) in [6, 6.07) is 3.55. The number of hydrogen-bond donors (Lipinski definition) is 1. The van der Waals surface area contributed by atoms with Crippen molar-refractivity contribution in [2.75, 3.05) is 11.9 Å². The molecule has 3 rings (SSSR count). The number of carbonyl (C=O) groups excluding carboxylic acids is 3. The molecule has 158 valence electrons. The van der Waals surface area contributed by atoms with E-state index in [0.717, 1.165) is 24.2 Å². The van der Waals surface area contributed by atoms with Gasteiger partial charge in [0.05, 0.1) is 6.42 Å². The van der Waals surface area contributed by atoms with E-state index in [1.165, 1.54) is 24.2 Å². The topological polar surface area (TPSA) is 69.7 Å². The summed E-state index contributed by atoms with van der Waals surface area (Å²) in [5.41, 5.74) is 0.515. The van der Waals surface area contributed by atoms with E-state index >= 15 is 0 Å². The average molecular weight is 440 g/mol. The summed E-state index contributed by atoms with van der Waals surface area (Å²) in [6.45, 7) is 2.04. The molecule has 1 aliphatic heterocycles. The highest BCUT2D eigenvalue weighted by Crippen LogP contribution is 2.30. The summed E-state index contributed by atoms with van der Waals surface area (Å²) in [6.07, 6.45) is 6.59. The molecule has 1 saturated heterocycles. The van der Waals surface area contributed by atoms with E-state index in [4.69, 9.17) is 23.2 Å². The molecule has 4 amide bonds. The third-order valence-corrected chi connectivity index (χ3v) is 6.42.